The Labute approximate surface area is 78.3 Å². The van der Waals surface area contributed by atoms with Gasteiger partial charge in [-0.2, -0.15) is 0 Å². The average Bonchev–Trinajstić information content (AvgIpc) is 2.00. The van der Waals surface area contributed by atoms with Gasteiger partial charge in [-0.05, 0) is 17.7 Å². The van der Waals surface area contributed by atoms with Gasteiger partial charge in [0.2, 0.25) is 0 Å². The molecular weight excluding hydrogens is 201 g/mol. The molecule has 0 saturated heterocycles. The summed E-state index contributed by atoms with van der Waals surface area (Å²) in [7, 11) is 0. The van der Waals surface area contributed by atoms with E-state index in [0.29, 0.717) is 5.56 Å². The molecule has 0 saturated carbocycles. The molecule has 70 valence electrons. The Morgan fingerprint density at radius 1 is 1.38 bits per heavy atom. The van der Waals surface area contributed by atoms with Crippen molar-refractivity contribution in [2.75, 3.05) is 0 Å². The van der Waals surface area contributed by atoms with Gasteiger partial charge in [-0.15, -0.1) is 5.98 Å². The zero-order valence-corrected chi connectivity index (χ0v) is 7.18. The van der Waals surface area contributed by atoms with Crippen LogP contribution in [-0.2, 0) is 0 Å². The average molecular weight is 206 g/mol. The van der Waals surface area contributed by atoms with Crippen LogP contribution in [0.2, 0.25) is 5.15 Å². The van der Waals surface area contributed by atoms with E-state index < -0.39 is 6.98 Å². The van der Waals surface area contributed by atoms with Crippen LogP contribution in [0.25, 0.3) is 6.08 Å². The third kappa shape index (κ3) is 3.98. The van der Waals surface area contributed by atoms with Crippen molar-refractivity contribution in [3.05, 3.63) is 35.0 Å². The highest BCUT2D eigenvalue weighted by Crippen LogP contribution is 2.14. The molecule has 0 aliphatic heterocycles. The zero-order chi connectivity index (χ0) is 9.90. The number of hydrogen-bond acceptors (Lipinski definition) is 1. The smallest absolute Gasteiger partial charge is 0.445 e. The van der Waals surface area contributed by atoms with Gasteiger partial charge < -0.3 is 12.9 Å². The Hall–Kier alpha value is -0.965. The molecule has 0 atom stereocenters. The fraction of sp³-hybridized carbons (Fsp3) is 0. The highest BCUT2D eigenvalue weighted by Gasteiger charge is 2.16. The maximum atomic E-state index is 11.8. The summed E-state index contributed by atoms with van der Waals surface area (Å²) < 4.78 is 35.3. The molecule has 0 fully saturated rings. The maximum Gasteiger partial charge on any atom is 0.502 e. The monoisotopic (exact) mass is 206 g/mol. The van der Waals surface area contributed by atoms with Crippen molar-refractivity contribution in [2.45, 2.75) is 0 Å². The van der Waals surface area contributed by atoms with Crippen LogP contribution in [0.4, 0.5) is 12.9 Å². The second-order valence-corrected chi connectivity index (χ2v) is 2.78. The largest absolute Gasteiger partial charge is 0.502 e. The minimum Gasteiger partial charge on any atom is -0.445 e. The SMILES string of the molecule is F[B-](F)(F)/C=C/c1ccnc(Cl)c1. The summed E-state index contributed by atoms with van der Waals surface area (Å²) in [5.41, 5.74) is 0.388. The van der Waals surface area contributed by atoms with E-state index in [1.165, 1.54) is 18.3 Å². The minimum absolute atomic E-state index is 0.178. The Balaban J connectivity index is 2.80. The van der Waals surface area contributed by atoms with Gasteiger partial charge in [-0.25, -0.2) is 4.98 Å². The van der Waals surface area contributed by atoms with Gasteiger partial charge in [0.05, 0.1) is 0 Å². The summed E-state index contributed by atoms with van der Waals surface area (Å²) in [5, 5.41) is 0.178. The molecule has 0 aliphatic rings. The van der Waals surface area contributed by atoms with E-state index in [0.717, 1.165) is 6.08 Å². The lowest BCUT2D eigenvalue weighted by atomic mass is 9.91. The Kier molecular flexibility index (Phi) is 2.98. The van der Waals surface area contributed by atoms with E-state index in [2.05, 4.69) is 4.98 Å². The molecule has 6 heteroatoms. The van der Waals surface area contributed by atoms with Crippen LogP contribution in [0.5, 0.6) is 0 Å². The summed E-state index contributed by atoms with van der Waals surface area (Å²) in [6.45, 7) is -4.88. The third-order valence-electron chi connectivity index (χ3n) is 1.26. The normalized spacial score (nSPS) is 12.3. The van der Waals surface area contributed by atoms with Crippen molar-refractivity contribution in [1.29, 1.82) is 0 Å². The van der Waals surface area contributed by atoms with Crippen molar-refractivity contribution >= 4 is 24.7 Å². The van der Waals surface area contributed by atoms with E-state index in [1.54, 1.807) is 0 Å². The number of pyridine rings is 1. The third-order valence-corrected chi connectivity index (χ3v) is 1.46. The van der Waals surface area contributed by atoms with E-state index in [9.17, 15) is 12.9 Å². The highest BCUT2D eigenvalue weighted by atomic mass is 35.5. The second kappa shape index (κ2) is 3.83. The molecule has 1 rings (SSSR count). The van der Waals surface area contributed by atoms with Crippen LogP contribution in [0.15, 0.2) is 24.3 Å². The molecular formula is C7H5BClF3N-. The first-order valence-corrected chi connectivity index (χ1v) is 3.86. The molecule has 0 unspecified atom stereocenters. The van der Waals surface area contributed by atoms with Crippen LogP contribution in [0.1, 0.15) is 5.56 Å². The number of hydrogen-bond donors (Lipinski definition) is 0. The molecule has 1 aromatic heterocycles. The van der Waals surface area contributed by atoms with Gasteiger partial charge in [0.25, 0.3) is 0 Å². The zero-order valence-electron chi connectivity index (χ0n) is 6.42. The van der Waals surface area contributed by atoms with E-state index in [4.69, 9.17) is 11.6 Å². The predicted octanol–water partition coefficient (Wildman–Crippen LogP) is 3.13. The second-order valence-electron chi connectivity index (χ2n) is 2.40. The van der Waals surface area contributed by atoms with Gasteiger partial charge in [0.1, 0.15) is 5.15 Å². The number of rotatable bonds is 2. The summed E-state index contributed by atoms with van der Waals surface area (Å²) in [5.74, 6) is 0.214. The first kappa shape index (κ1) is 10.1. The quantitative estimate of drug-likeness (QED) is 0.535. The van der Waals surface area contributed by atoms with E-state index in [-0.39, 0.29) is 11.1 Å². The van der Waals surface area contributed by atoms with Gasteiger partial charge in [-0.3, -0.25) is 0 Å². The van der Waals surface area contributed by atoms with Gasteiger partial charge in [0.15, 0.2) is 0 Å². The van der Waals surface area contributed by atoms with Crippen LogP contribution in [0, 0.1) is 0 Å². The standard InChI is InChI=1S/C7H5BClF3N/c9-7-5-6(2-4-13-7)1-3-8(10,11)12/h1-5H/q-1/b3-1+. The molecule has 1 heterocycles. The first-order valence-electron chi connectivity index (χ1n) is 3.48. The Morgan fingerprint density at radius 2 is 2.08 bits per heavy atom. The van der Waals surface area contributed by atoms with Gasteiger partial charge >= 0.3 is 6.98 Å². The van der Waals surface area contributed by atoms with Gasteiger partial charge in [-0.1, -0.05) is 17.7 Å². The highest BCUT2D eigenvalue weighted by molar-refractivity contribution is 6.64. The van der Waals surface area contributed by atoms with Crippen molar-refractivity contribution in [1.82, 2.24) is 4.98 Å². The lowest BCUT2D eigenvalue weighted by Gasteiger charge is -2.05. The van der Waals surface area contributed by atoms with Crippen molar-refractivity contribution < 1.29 is 12.9 Å². The van der Waals surface area contributed by atoms with Crippen molar-refractivity contribution in [3.63, 3.8) is 0 Å². The molecule has 13 heavy (non-hydrogen) atoms. The van der Waals surface area contributed by atoms with E-state index in [1.807, 2.05) is 0 Å². The molecule has 0 aliphatic carbocycles. The predicted molar refractivity (Wildman–Crippen MR) is 47.4 cm³/mol. The molecule has 0 aromatic carbocycles. The lowest BCUT2D eigenvalue weighted by Crippen LogP contribution is -2.09. The summed E-state index contributed by atoms with van der Waals surface area (Å²) in [4.78, 5) is 3.64. The lowest BCUT2D eigenvalue weighted by molar-refractivity contribution is 0.499. The molecule has 1 nitrogen and oxygen atoms in total. The topological polar surface area (TPSA) is 12.9 Å². The first-order chi connectivity index (χ1) is 5.97. The number of nitrogens with zero attached hydrogens (tertiary/aromatic N) is 1. The fourth-order valence-corrected chi connectivity index (χ4v) is 0.924. The van der Waals surface area contributed by atoms with Crippen molar-refractivity contribution in [2.24, 2.45) is 0 Å². The summed E-state index contributed by atoms with van der Waals surface area (Å²) in [6, 6.07) is 2.81. The van der Waals surface area contributed by atoms with Crippen molar-refractivity contribution in [3.8, 4) is 0 Å². The van der Waals surface area contributed by atoms with Gasteiger partial charge in [0, 0.05) is 6.20 Å². The fourth-order valence-electron chi connectivity index (χ4n) is 0.741. The summed E-state index contributed by atoms with van der Waals surface area (Å²) in [6.07, 6.45) is 2.32. The van der Waals surface area contributed by atoms with Crippen LogP contribution in [-0.4, -0.2) is 12.0 Å². The molecule has 0 spiro atoms. The molecule has 0 N–H and O–H groups in total. The Morgan fingerprint density at radius 3 is 2.62 bits per heavy atom. The maximum absolute atomic E-state index is 11.8. The molecule has 0 bridgehead atoms. The molecule has 1 aromatic rings. The molecule has 0 radical (unpaired) electrons. The minimum atomic E-state index is -4.88. The number of halogens is 4. The molecule has 0 amide bonds. The Bertz CT molecular complexity index is 324. The van der Waals surface area contributed by atoms with Crippen LogP contribution >= 0.6 is 11.6 Å². The van der Waals surface area contributed by atoms with E-state index >= 15 is 0 Å². The summed E-state index contributed by atoms with van der Waals surface area (Å²) >= 11 is 5.47. The van der Waals surface area contributed by atoms with Crippen LogP contribution in [0.3, 0.4) is 0 Å². The van der Waals surface area contributed by atoms with Crippen LogP contribution < -0.4 is 0 Å². The number of aromatic nitrogens is 1.